The van der Waals surface area contributed by atoms with Crippen LogP contribution in [0, 0.1) is 0 Å². The monoisotopic (exact) mass is 223 g/mol. The van der Waals surface area contributed by atoms with Crippen molar-refractivity contribution in [3.63, 3.8) is 0 Å². The summed E-state index contributed by atoms with van der Waals surface area (Å²) in [5.74, 6) is 0. The second-order valence-electron chi connectivity index (χ2n) is 2.43. The standard InChI is InChI=1S/C8H6Cl3O/c1-4(12)8-6(10)2-5(9)3-7(8)11/h2-4H,1H3. The Balaban J connectivity index is 3.28. The molecule has 1 nitrogen and oxygen atoms in total. The molecule has 4 heteroatoms. The molecule has 0 aromatic heterocycles. The van der Waals surface area contributed by atoms with Gasteiger partial charge in [0.2, 0.25) is 0 Å². The van der Waals surface area contributed by atoms with E-state index in [4.69, 9.17) is 34.8 Å². The van der Waals surface area contributed by atoms with Crippen LogP contribution in [0.4, 0.5) is 0 Å². The second kappa shape index (κ2) is 3.84. The third kappa shape index (κ3) is 2.05. The highest BCUT2D eigenvalue weighted by molar-refractivity contribution is 6.39. The Hall–Kier alpha value is 0.0500. The number of hydrogen-bond acceptors (Lipinski definition) is 0. The van der Waals surface area contributed by atoms with Crippen molar-refractivity contribution in [3.8, 4) is 0 Å². The number of halogens is 3. The highest BCUT2D eigenvalue weighted by Crippen LogP contribution is 2.33. The van der Waals surface area contributed by atoms with Crippen LogP contribution in [0.5, 0.6) is 0 Å². The fourth-order valence-corrected chi connectivity index (χ4v) is 2.07. The Morgan fingerprint density at radius 3 is 1.92 bits per heavy atom. The van der Waals surface area contributed by atoms with Crippen LogP contribution in [-0.4, -0.2) is 0 Å². The molecule has 0 fully saturated rings. The lowest BCUT2D eigenvalue weighted by Crippen LogP contribution is -1.91. The van der Waals surface area contributed by atoms with Gasteiger partial charge in [-0.15, -0.1) is 0 Å². The predicted molar refractivity (Wildman–Crippen MR) is 50.6 cm³/mol. The summed E-state index contributed by atoms with van der Waals surface area (Å²) in [6.07, 6.45) is -0.928. The summed E-state index contributed by atoms with van der Waals surface area (Å²) in [5, 5.41) is 12.2. The van der Waals surface area contributed by atoms with E-state index in [2.05, 4.69) is 0 Å². The minimum absolute atomic E-state index is 0.329. The molecule has 0 aliphatic heterocycles. The molecule has 0 saturated carbocycles. The lowest BCUT2D eigenvalue weighted by Gasteiger charge is -2.07. The van der Waals surface area contributed by atoms with Crippen LogP contribution >= 0.6 is 34.8 Å². The molecule has 1 atom stereocenters. The summed E-state index contributed by atoms with van der Waals surface area (Å²) < 4.78 is 0. The van der Waals surface area contributed by atoms with Gasteiger partial charge in [-0.25, -0.2) is 5.11 Å². The smallest absolute Gasteiger partial charge is 0.118 e. The first kappa shape index (κ1) is 10.1. The molecule has 1 aromatic rings. The molecule has 0 aliphatic carbocycles. The van der Waals surface area contributed by atoms with Crippen LogP contribution in [0.25, 0.3) is 0 Å². The molecule has 65 valence electrons. The zero-order valence-electron chi connectivity index (χ0n) is 6.27. The van der Waals surface area contributed by atoms with Crippen molar-refractivity contribution < 1.29 is 5.11 Å². The van der Waals surface area contributed by atoms with E-state index in [1.807, 2.05) is 0 Å². The lowest BCUT2D eigenvalue weighted by molar-refractivity contribution is 0.106. The molecule has 0 N–H and O–H groups in total. The SMILES string of the molecule is CC([O])c1c(Cl)cc(Cl)cc1Cl. The molecule has 0 heterocycles. The molecule has 1 radical (unpaired) electrons. The van der Waals surface area contributed by atoms with Crippen LogP contribution in [0.2, 0.25) is 15.1 Å². The van der Waals surface area contributed by atoms with E-state index in [1.54, 1.807) is 0 Å². The Labute approximate surface area is 85.9 Å². The predicted octanol–water partition coefficient (Wildman–Crippen LogP) is 4.14. The van der Waals surface area contributed by atoms with Crippen molar-refractivity contribution in [3.05, 3.63) is 32.8 Å². The molecule has 1 aromatic carbocycles. The first-order valence-corrected chi connectivity index (χ1v) is 4.46. The van der Waals surface area contributed by atoms with Gasteiger partial charge < -0.3 is 0 Å². The van der Waals surface area contributed by atoms with Gasteiger partial charge in [0.15, 0.2) is 0 Å². The molecular weight excluding hydrogens is 218 g/mol. The Kier molecular flexibility index (Phi) is 3.24. The Morgan fingerprint density at radius 2 is 1.58 bits per heavy atom. The molecular formula is C8H6Cl3O. The molecule has 12 heavy (non-hydrogen) atoms. The topological polar surface area (TPSA) is 19.9 Å². The summed E-state index contributed by atoms with van der Waals surface area (Å²) in [6, 6.07) is 3.03. The Bertz CT molecular complexity index is 273. The molecule has 0 saturated heterocycles. The van der Waals surface area contributed by atoms with Gasteiger partial charge in [-0.2, -0.15) is 0 Å². The van der Waals surface area contributed by atoms with E-state index in [-0.39, 0.29) is 0 Å². The van der Waals surface area contributed by atoms with Crippen LogP contribution in [0.15, 0.2) is 12.1 Å². The van der Waals surface area contributed by atoms with Crippen LogP contribution in [-0.2, 0) is 5.11 Å². The number of rotatable bonds is 1. The lowest BCUT2D eigenvalue weighted by atomic mass is 10.1. The largest absolute Gasteiger partial charge is 0.228 e. The van der Waals surface area contributed by atoms with Crippen LogP contribution in [0.1, 0.15) is 18.6 Å². The first-order valence-electron chi connectivity index (χ1n) is 3.32. The minimum atomic E-state index is -0.928. The zero-order chi connectivity index (χ0) is 9.30. The average molecular weight is 224 g/mol. The zero-order valence-corrected chi connectivity index (χ0v) is 8.54. The molecule has 1 unspecified atom stereocenters. The normalized spacial score (nSPS) is 13.1. The van der Waals surface area contributed by atoms with Gasteiger partial charge in [0.1, 0.15) is 6.10 Å². The molecule has 0 aliphatic rings. The van der Waals surface area contributed by atoms with Gasteiger partial charge in [0.05, 0.1) is 0 Å². The maximum Gasteiger partial charge on any atom is 0.118 e. The highest BCUT2D eigenvalue weighted by atomic mass is 35.5. The highest BCUT2D eigenvalue weighted by Gasteiger charge is 2.13. The third-order valence-corrected chi connectivity index (χ3v) is 2.29. The van der Waals surface area contributed by atoms with E-state index in [0.29, 0.717) is 20.6 Å². The summed E-state index contributed by atoms with van der Waals surface area (Å²) in [4.78, 5) is 0. The maximum atomic E-state index is 11.1. The van der Waals surface area contributed by atoms with Crippen molar-refractivity contribution in [2.75, 3.05) is 0 Å². The Morgan fingerprint density at radius 1 is 1.17 bits per heavy atom. The minimum Gasteiger partial charge on any atom is -0.228 e. The van der Waals surface area contributed by atoms with Crippen molar-refractivity contribution in [2.45, 2.75) is 13.0 Å². The van der Waals surface area contributed by atoms with Crippen LogP contribution < -0.4 is 0 Å². The van der Waals surface area contributed by atoms with E-state index in [9.17, 15) is 5.11 Å². The number of hydrogen-bond donors (Lipinski definition) is 0. The average Bonchev–Trinajstić information content (AvgIpc) is 1.82. The van der Waals surface area contributed by atoms with Gasteiger partial charge in [-0.05, 0) is 19.1 Å². The molecule has 0 bridgehead atoms. The number of benzene rings is 1. The molecule has 0 amide bonds. The fraction of sp³-hybridized carbons (Fsp3) is 0.250. The van der Waals surface area contributed by atoms with Crippen molar-refractivity contribution in [1.82, 2.24) is 0 Å². The van der Waals surface area contributed by atoms with E-state index in [0.717, 1.165) is 0 Å². The fourth-order valence-electron chi connectivity index (χ4n) is 0.942. The first-order chi connectivity index (χ1) is 5.52. The van der Waals surface area contributed by atoms with E-state index >= 15 is 0 Å². The molecule has 1 rings (SSSR count). The summed E-state index contributed by atoms with van der Waals surface area (Å²) >= 11 is 17.2. The second-order valence-corrected chi connectivity index (χ2v) is 3.68. The van der Waals surface area contributed by atoms with Gasteiger partial charge in [-0.3, -0.25) is 0 Å². The summed E-state index contributed by atoms with van der Waals surface area (Å²) in [7, 11) is 0. The van der Waals surface area contributed by atoms with Gasteiger partial charge in [0, 0.05) is 20.6 Å². The molecule has 0 spiro atoms. The maximum absolute atomic E-state index is 11.1. The van der Waals surface area contributed by atoms with Crippen molar-refractivity contribution >= 4 is 34.8 Å². The van der Waals surface area contributed by atoms with Crippen molar-refractivity contribution in [2.24, 2.45) is 0 Å². The van der Waals surface area contributed by atoms with Gasteiger partial charge in [0.25, 0.3) is 0 Å². The van der Waals surface area contributed by atoms with E-state index < -0.39 is 6.10 Å². The van der Waals surface area contributed by atoms with Crippen molar-refractivity contribution in [1.29, 1.82) is 0 Å². The van der Waals surface area contributed by atoms with E-state index in [1.165, 1.54) is 19.1 Å². The summed E-state index contributed by atoms with van der Waals surface area (Å²) in [5.41, 5.74) is 0.405. The third-order valence-electron chi connectivity index (χ3n) is 1.45. The quantitative estimate of drug-likeness (QED) is 0.683. The van der Waals surface area contributed by atoms with Gasteiger partial charge in [-0.1, -0.05) is 34.8 Å². The van der Waals surface area contributed by atoms with Gasteiger partial charge >= 0.3 is 0 Å². The summed E-state index contributed by atoms with van der Waals surface area (Å²) in [6.45, 7) is 1.49. The van der Waals surface area contributed by atoms with Crippen LogP contribution in [0.3, 0.4) is 0 Å².